The normalized spacial score (nSPS) is 12.1. The van der Waals surface area contributed by atoms with Crippen molar-refractivity contribution in [2.75, 3.05) is 13.7 Å². The van der Waals surface area contributed by atoms with Crippen LogP contribution in [0.2, 0.25) is 5.02 Å². The van der Waals surface area contributed by atoms with E-state index < -0.39 is 5.41 Å². The smallest absolute Gasteiger partial charge is 0.177 e. The molecule has 0 saturated carbocycles. The van der Waals surface area contributed by atoms with Gasteiger partial charge in [0.25, 0.3) is 0 Å². The summed E-state index contributed by atoms with van der Waals surface area (Å²) < 4.78 is 10.6. The van der Waals surface area contributed by atoms with Gasteiger partial charge >= 0.3 is 0 Å². The number of halogens is 1. The maximum atomic E-state index is 9.44. The molecule has 0 aliphatic rings. The lowest BCUT2D eigenvalue weighted by Gasteiger charge is -2.24. The number of methoxy groups -OCH3 is 1. The summed E-state index contributed by atoms with van der Waals surface area (Å²) in [6.45, 7) is 3.87. The third-order valence-electron chi connectivity index (χ3n) is 2.98. The molecule has 1 aromatic heterocycles. The molecular weight excluding hydrogens is 240 g/mol. The fraction of sp³-hybridized carbons (Fsp3) is 0.385. The van der Waals surface area contributed by atoms with E-state index in [1.54, 1.807) is 19.4 Å². The fourth-order valence-electron chi connectivity index (χ4n) is 1.81. The lowest BCUT2D eigenvalue weighted by molar-refractivity contribution is 0.218. The van der Waals surface area contributed by atoms with Crippen LogP contribution in [0.5, 0.6) is 5.75 Å². The van der Waals surface area contributed by atoms with Crippen molar-refractivity contribution in [1.29, 1.82) is 0 Å². The van der Waals surface area contributed by atoms with E-state index in [4.69, 9.17) is 20.8 Å². The molecule has 92 valence electrons. The zero-order valence-electron chi connectivity index (χ0n) is 10.1. The minimum atomic E-state index is -0.421. The highest BCUT2D eigenvalue weighted by Gasteiger charge is 2.26. The van der Waals surface area contributed by atoms with Gasteiger partial charge in [0.1, 0.15) is 0 Å². The number of hydrogen-bond acceptors (Lipinski definition) is 3. The van der Waals surface area contributed by atoms with E-state index in [0.29, 0.717) is 16.4 Å². The lowest BCUT2D eigenvalue weighted by atomic mass is 9.85. The summed E-state index contributed by atoms with van der Waals surface area (Å²) >= 11 is 6.35. The lowest BCUT2D eigenvalue weighted by Crippen LogP contribution is -2.22. The van der Waals surface area contributed by atoms with Crippen LogP contribution in [-0.4, -0.2) is 18.8 Å². The SMILES string of the molecule is COc1cc(C(C)(C)CO)c(Cl)c2ccoc12. The van der Waals surface area contributed by atoms with Crippen LogP contribution in [-0.2, 0) is 5.41 Å². The Labute approximate surface area is 105 Å². The second kappa shape index (κ2) is 4.24. The van der Waals surface area contributed by atoms with Crippen LogP contribution in [0.25, 0.3) is 11.0 Å². The van der Waals surface area contributed by atoms with Crippen molar-refractivity contribution in [3.05, 3.63) is 29.0 Å². The molecule has 0 spiro atoms. The largest absolute Gasteiger partial charge is 0.493 e. The van der Waals surface area contributed by atoms with Crippen molar-refractivity contribution < 1.29 is 14.3 Å². The van der Waals surface area contributed by atoms with Gasteiger partial charge in [-0.1, -0.05) is 25.4 Å². The fourth-order valence-corrected chi connectivity index (χ4v) is 2.27. The minimum absolute atomic E-state index is 0.0131. The summed E-state index contributed by atoms with van der Waals surface area (Å²) in [6.07, 6.45) is 1.58. The van der Waals surface area contributed by atoms with Crippen LogP contribution in [0.15, 0.2) is 22.8 Å². The van der Waals surface area contributed by atoms with Crippen LogP contribution in [0.1, 0.15) is 19.4 Å². The molecule has 0 aliphatic carbocycles. The molecule has 0 saturated heterocycles. The summed E-state index contributed by atoms with van der Waals surface area (Å²) in [4.78, 5) is 0. The Hall–Kier alpha value is -1.19. The predicted octanol–water partition coefficient (Wildman–Crippen LogP) is 3.36. The molecule has 0 amide bonds. The Kier molecular flexibility index (Phi) is 3.06. The van der Waals surface area contributed by atoms with Gasteiger partial charge in [-0.2, -0.15) is 0 Å². The first kappa shape index (κ1) is 12.3. The Bertz CT molecular complexity index is 543. The van der Waals surface area contributed by atoms with Crippen molar-refractivity contribution in [2.24, 2.45) is 0 Å². The number of ether oxygens (including phenoxy) is 1. The number of benzene rings is 1. The van der Waals surface area contributed by atoms with E-state index in [1.807, 2.05) is 19.9 Å². The third kappa shape index (κ3) is 1.90. The first-order valence-electron chi connectivity index (χ1n) is 5.36. The Balaban J connectivity index is 2.76. The molecule has 3 nitrogen and oxygen atoms in total. The zero-order valence-corrected chi connectivity index (χ0v) is 10.8. The van der Waals surface area contributed by atoms with Crippen LogP contribution in [0.3, 0.4) is 0 Å². The molecule has 0 aliphatic heterocycles. The number of aliphatic hydroxyl groups excluding tert-OH is 1. The number of fused-ring (bicyclic) bond motifs is 1. The van der Waals surface area contributed by atoms with Crippen molar-refractivity contribution in [2.45, 2.75) is 19.3 Å². The topological polar surface area (TPSA) is 42.6 Å². The number of aliphatic hydroxyl groups is 1. The second-order valence-corrected chi connectivity index (χ2v) is 5.02. The van der Waals surface area contributed by atoms with Crippen molar-refractivity contribution >= 4 is 22.6 Å². The van der Waals surface area contributed by atoms with Crippen LogP contribution in [0, 0.1) is 0 Å². The zero-order chi connectivity index (χ0) is 12.6. The van der Waals surface area contributed by atoms with Gasteiger partial charge in [-0.15, -0.1) is 0 Å². The molecule has 0 bridgehead atoms. The molecule has 4 heteroatoms. The van der Waals surface area contributed by atoms with E-state index >= 15 is 0 Å². The highest BCUT2D eigenvalue weighted by molar-refractivity contribution is 6.36. The van der Waals surface area contributed by atoms with Crippen molar-refractivity contribution in [3.63, 3.8) is 0 Å². The van der Waals surface area contributed by atoms with E-state index in [-0.39, 0.29) is 6.61 Å². The van der Waals surface area contributed by atoms with Gasteiger partial charge in [-0.05, 0) is 17.7 Å². The maximum Gasteiger partial charge on any atom is 0.177 e. The molecule has 2 aromatic rings. The average molecular weight is 255 g/mol. The monoisotopic (exact) mass is 254 g/mol. The summed E-state index contributed by atoms with van der Waals surface area (Å²) in [6, 6.07) is 3.63. The summed E-state index contributed by atoms with van der Waals surface area (Å²) in [5, 5.41) is 10.8. The average Bonchev–Trinajstić information content (AvgIpc) is 2.79. The molecule has 1 N–H and O–H groups in total. The van der Waals surface area contributed by atoms with Gasteiger partial charge in [0.2, 0.25) is 0 Å². The Morgan fingerprint density at radius 3 is 2.76 bits per heavy atom. The number of hydrogen-bond donors (Lipinski definition) is 1. The van der Waals surface area contributed by atoms with Gasteiger partial charge in [0, 0.05) is 10.8 Å². The summed E-state index contributed by atoms with van der Waals surface area (Å²) in [7, 11) is 1.58. The third-order valence-corrected chi connectivity index (χ3v) is 3.39. The van der Waals surface area contributed by atoms with E-state index in [2.05, 4.69) is 0 Å². The molecule has 17 heavy (non-hydrogen) atoms. The van der Waals surface area contributed by atoms with Gasteiger partial charge in [0.15, 0.2) is 11.3 Å². The van der Waals surface area contributed by atoms with E-state index in [0.717, 1.165) is 10.9 Å². The molecule has 0 radical (unpaired) electrons. The van der Waals surface area contributed by atoms with Gasteiger partial charge in [0.05, 0.1) is 25.0 Å². The van der Waals surface area contributed by atoms with Crippen molar-refractivity contribution in [3.8, 4) is 5.75 Å². The van der Waals surface area contributed by atoms with Gasteiger partial charge < -0.3 is 14.3 Å². The Morgan fingerprint density at radius 1 is 1.47 bits per heavy atom. The van der Waals surface area contributed by atoms with Crippen LogP contribution in [0.4, 0.5) is 0 Å². The molecule has 1 aromatic carbocycles. The molecule has 2 rings (SSSR count). The second-order valence-electron chi connectivity index (χ2n) is 4.65. The predicted molar refractivity (Wildman–Crippen MR) is 67.9 cm³/mol. The highest BCUT2D eigenvalue weighted by atomic mass is 35.5. The van der Waals surface area contributed by atoms with Crippen molar-refractivity contribution in [1.82, 2.24) is 0 Å². The minimum Gasteiger partial charge on any atom is -0.493 e. The quantitative estimate of drug-likeness (QED) is 0.913. The number of rotatable bonds is 3. The van der Waals surface area contributed by atoms with Gasteiger partial charge in [-0.25, -0.2) is 0 Å². The molecule has 0 atom stereocenters. The van der Waals surface area contributed by atoms with E-state index in [9.17, 15) is 5.11 Å². The summed E-state index contributed by atoms with van der Waals surface area (Å²) in [5.41, 5.74) is 1.07. The molecule has 0 fully saturated rings. The Morgan fingerprint density at radius 2 is 2.18 bits per heavy atom. The van der Waals surface area contributed by atoms with Crippen LogP contribution < -0.4 is 4.74 Å². The first-order valence-corrected chi connectivity index (χ1v) is 5.74. The standard InChI is InChI=1S/C13H15ClO3/c1-13(2,7-15)9-6-10(16-3)12-8(11(9)14)4-5-17-12/h4-6,15H,7H2,1-3H3. The van der Waals surface area contributed by atoms with Gasteiger partial charge in [-0.3, -0.25) is 0 Å². The van der Waals surface area contributed by atoms with Crippen LogP contribution >= 0.6 is 11.6 Å². The maximum absolute atomic E-state index is 9.44. The highest BCUT2D eigenvalue weighted by Crippen LogP contribution is 2.40. The molecule has 1 heterocycles. The number of furan rings is 1. The molecule has 0 unspecified atom stereocenters. The molecular formula is C13H15ClO3. The first-order chi connectivity index (χ1) is 8.01. The van der Waals surface area contributed by atoms with E-state index in [1.165, 1.54) is 0 Å². The summed E-state index contributed by atoms with van der Waals surface area (Å²) in [5.74, 6) is 0.630.